The molecule has 0 radical (unpaired) electrons. The fourth-order valence-electron chi connectivity index (χ4n) is 2.04. The second-order valence-corrected chi connectivity index (χ2v) is 6.05. The summed E-state index contributed by atoms with van der Waals surface area (Å²) < 4.78 is 38.7. The van der Waals surface area contributed by atoms with E-state index < -0.39 is 15.8 Å². The third kappa shape index (κ3) is 2.28. The number of rotatable bonds is 2. The van der Waals surface area contributed by atoms with E-state index in [1.165, 1.54) is 16.4 Å². The van der Waals surface area contributed by atoms with Gasteiger partial charge >= 0.3 is 0 Å². The van der Waals surface area contributed by atoms with E-state index in [9.17, 15) is 12.8 Å². The molecule has 1 aliphatic heterocycles. The summed E-state index contributed by atoms with van der Waals surface area (Å²) >= 11 is 0. The van der Waals surface area contributed by atoms with Crippen LogP contribution >= 0.6 is 0 Å². The van der Waals surface area contributed by atoms with Crippen LogP contribution in [0.2, 0.25) is 0 Å². The predicted molar refractivity (Wildman–Crippen MR) is 64.7 cm³/mol. The average Bonchev–Trinajstić information content (AvgIpc) is 2.28. The van der Waals surface area contributed by atoms with Gasteiger partial charge in [0.25, 0.3) is 0 Å². The summed E-state index contributed by atoms with van der Waals surface area (Å²) in [7, 11) is -3.31. The first-order valence-corrected chi connectivity index (χ1v) is 7.15. The van der Waals surface area contributed by atoms with Crippen LogP contribution in [0, 0.1) is 5.82 Å². The topological polar surface area (TPSA) is 63.4 Å². The Morgan fingerprint density at radius 3 is 2.76 bits per heavy atom. The fraction of sp³-hybridized carbons (Fsp3) is 0.455. The minimum Gasteiger partial charge on any atom is -0.326 e. The molecule has 6 heteroatoms. The number of hydrogen-bond acceptors (Lipinski definition) is 3. The lowest BCUT2D eigenvalue weighted by atomic mass is 10.1. The van der Waals surface area contributed by atoms with Crippen molar-refractivity contribution in [1.82, 2.24) is 0 Å². The van der Waals surface area contributed by atoms with Crippen molar-refractivity contribution in [2.45, 2.75) is 19.4 Å². The van der Waals surface area contributed by atoms with Gasteiger partial charge in [0.2, 0.25) is 10.0 Å². The Hall–Kier alpha value is -1.14. The number of hydrogen-bond donors (Lipinski definition) is 1. The van der Waals surface area contributed by atoms with E-state index in [-0.39, 0.29) is 17.9 Å². The molecule has 2 rings (SSSR count). The second-order valence-electron chi connectivity index (χ2n) is 4.04. The second kappa shape index (κ2) is 4.62. The summed E-state index contributed by atoms with van der Waals surface area (Å²) in [4.78, 5) is 0. The summed E-state index contributed by atoms with van der Waals surface area (Å²) in [5.41, 5.74) is 6.13. The Labute approximate surface area is 100 Å². The van der Waals surface area contributed by atoms with E-state index in [0.717, 1.165) is 6.42 Å². The average molecular weight is 258 g/mol. The number of nitrogens with two attached hydrogens (primary N) is 1. The van der Waals surface area contributed by atoms with Gasteiger partial charge in [0.05, 0.1) is 11.4 Å². The Morgan fingerprint density at radius 2 is 2.12 bits per heavy atom. The highest BCUT2D eigenvalue weighted by Gasteiger charge is 2.28. The molecule has 2 N–H and O–H groups in total. The first kappa shape index (κ1) is 12.3. The van der Waals surface area contributed by atoms with Gasteiger partial charge in [-0.25, -0.2) is 12.8 Å². The van der Waals surface area contributed by atoms with Gasteiger partial charge < -0.3 is 5.73 Å². The SMILES string of the molecule is NCc1c(F)cccc1N1CCCCS1(=O)=O. The molecule has 94 valence electrons. The van der Waals surface area contributed by atoms with Crippen LogP contribution < -0.4 is 10.0 Å². The minimum absolute atomic E-state index is 0.00593. The van der Waals surface area contributed by atoms with Crippen LogP contribution in [-0.2, 0) is 16.6 Å². The number of benzene rings is 1. The van der Waals surface area contributed by atoms with Crippen molar-refractivity contribution in [2.75, 3.05) is 16.6 Å². The highest BCUT2D eigenvalue weighted by molar-refractivity contribution is 7.92. The number of nitrogens with zero attached hydrogens (tertiary/aromatic N) is 1. The minimum atomic E-state index is -3.31. The van der Waals surface area contributed by atoms with E-state index in [0.29, 0.717) is 18.7 Å². The van der Waals surface area contributed by atoms with Gasteiger partial charge in [0.1, 0.15) is 5.82 Å². The molecule has 0 saturated carbocycles. The first-order chi connectivity index (χ1) is 8.06. The van der Waals surface area contributed by atoms with E-state index in [2.05, 4.69) is 0 Å². The highest BCUT2D eigenvalue weighted by atomic mass is 32.2. The summed E-state index contributed by atoms with van der Waals surface area (Å²) in [5, 5.41) is 0. The third-order valence-corrected chi connectivity index (χ3v) is 4.77. The van der Waals surface area contributed by atoms with Crippen LogP contribution in [0.25, 0.3) is 0 Å². The Kier molecular flexibility index (Phi) is 3.35. The van der Waals surface area contributed by atoms with Crippen molar-refractivity contribution >= 4 is 15.7 Å². The number of halogens is 1. The molecule has 0 aromatic heterocycles. The fourth-order valence-corrected chi connectivity index (χ4v) is 3.71. The maximum Gasteiger partial charge on any atom is 0.235 e. The maximum atomic E-state index is 13.6. The quantitative estimate of drug-likeness (QED) is 0.867. The molecule has 1 aromatic rings. The van der Waals surface area contributed by atoms with E-state index in [1.807, 2.05) is 0 Å². The highest BCUT2D eigenvalue weighted by Crippen LogP contribution is 2.28. The van der Waals surface area contributed by atoms with Crippen LogP contribution in [0.1, 0.15) is 18.4 Å². The summed E-state index contributed by atoms with van der Waals surface area (Å²) in [6, 6.07) is 4.41. The van der Waals surface area contributed by atoms with Crippen molar-refractivity contribution in [3.8, 4) is 0 Å². The van der Waals surface area contributed by atoms with Crippen molar-refractivity contribution < 1.29 is 12.8 Å². The lowest BCUT2D eigenvalue weighted by Crippen LogP contribution is -2.38. The number of anilines is 1. The molecule has 1 fully saturated rings. The molecule has 1 saturated heterocycles. The van der Waals surface area contributed by atoms with Crippen LogP contribution in [0.3, 0.4) is 0 Å². The lowest BCUT2D eigenvalue weighted by molar-refractivity contribution is 0.572. The molecule has 1 aromatic carbocycles. The lowest BCUT2D eigenvalue weighted by Gasteiger charge is -2.29. The summed E-state index contributed by atoms with van der Waals surface area (Å²) in [5.74, 6) is -0.334. The van der Waals surface area contributed by atoms with Gasteiger partial charge in [-0.05, 0) is 25.0 Å². The van der Waals surface area contributed by atoms with Crippen LogP contribution in [0.15, 0.2) is 18.2 Å². The van der Waals surface area contributed by atoms with E-state index in [4.69, 9.17) is 5.73 Å². The van der Waals surface area contributed by atoms with Crippen LogP contribution in [-0.4, -0.2) is 20.7 Å². The first-order valence-electron chi connectivity index (χ1n) is 5.54. The van der Waals surface area contributed by atoms with E-state index in [1.54, 1.807) is 6.07 Å². The van der Waals surface area contributed by atoms with Crippen molar-refractivity contribution in [3.05, 3.63) is 29.6 Å². The molecule has 0 atom stereocenters. The molecule has 0 amide bonds. The monoisotopic (exact) mass is 258 g/mol. The molecule has 0 bridgehead atoms. The zero-order chi connectivity index (χ0) is 12.5. The zero-order valence-corrected chi connectivity index (χ0v) is 10.2. The molecule has 17 heavy (non-hydrogen) atoms. The van der Waals surface area contributed by atoms with Gasteiger partial charge in [0, 0.05) is 18.7 Å². The molecular formula is C11H15FN2O2S. The van der Waals surface area contributed by atoms with Gasteiger partial charge in [-0.1, -0.05) is 6.07 Å². The zero-order valence-electron chi connectivity index (χ0n) is 9.39. The van der Waals surface area contributed by atoms with Crippen LogP contribution in [0.4, 0.5) is 10.1 Å². The van der Waals surface area contributed by atoms with Crippen LogP contribution in [0.5, 0.6) is 0 Å². The summed E-state index contributed by atoms with van der Waals surface area (Å²) in [6.07, 6.45) is 1.45. The van der Waals surface area contributed by atoms with Gasteiger partial charge in [-0.15, -0.1) is 0 Å². The van der Waals surface area contributed by atoms with Gasteiger partial charge in [-0.2, -0.15) is 0 Å². The van der Waals surface area contributed by atoms with Gasteiger partial charge in [0.15, 0.2) is 0 Å². The third-order valence-electron chi connectivity index (χ3n) is 2.92. The number of sulfonamides is 1. The predicted octanol–water partition coefficient (Wildman–Crippen LogP) is 1.21. The molecule has 0 spiro atoms. The normalized spacial score (nSPS) is 19.3. The van der Waals surface area contributed by atoms with Crippen molar-refractivity contribution in [3.63, 3.8) is 0 Å². The van der Waals surface area contributed by atoms with E-state index >= 15 is 0 Å². The summed E-state index contributed by atoms with van der Waals surface area (Å²) in [6.45, 7) is 0.396. The van der Waals surface area contributed by atoms with Crippen molar-refractivity contribution in [2.24, 2.45) is 5.73 Å². The molecular weight excluding hydrogens is 243 g/mol. The molecule has 1 heterocycles. The molecule has 0 unspecified atom stereocenters. The molecule has 1 aliphatic rings. The Morgan fingerprint density at radius 1 is 1.35 bits per heavy atom. The molecule has 0 aliphatic carbocycles. The standard InChI is InChI=1S/C11H15FN2O2S/c12-10-4-3-5-11(9(10)8-13)14-6-1-2-7-17(14,15)16/h3-5H,1-2,6-8,13H2. The molecule has 4 nitrogen and oxygen atoms in total. The maximum absolute atomic E-state index is 13.6. The Bertz CT molecular complexity index is 516. The van der Waals surface area contributed by atoms with Crippen molar-refractivity contribution in [1.29, 1.82) is 0 Å². The largest absolute Gasteiger partial charge is 0.326 e. The van der Waals surface area contributed by atoms with Gasteiger partial charge in [-0.3, -0.25) is 4.31 Å². The Balaban J connectivity index is 2.49. The smallest absolute Gasteiger partial charge is 0.235 e.